The smallest absolute Gasteiger partial charge is 0.119 e. The maximum atomic E-state index is 7.73. The maximum Gasteiger partial charge on any atom is 0.119 e. The average molecular weight is 297 g/mol. The van der Waals surface area contributed by atoms with Crippen LogP contribution < -0.4 is 10.6 Å². The molecule has 1 aromatic carbocycles. The largest absolute Gasteiger partial charge is 0.360 e. The molecule has 0 saturated carbocycles. The van der Waals surface area contributed by atoms with E-state index in [4.69, 9.17) is 5.41 Å². The topological polar surface area (TPSA) is 47.9 Å². The highest BCUT2D eigenvalue weighted by Gasteiger charge is 2.28. The predicted molar refractivity (Wildman–Crippen MR) is 95.1 cm³/mol. The van der Waals surface area contributed by atoms with E-state index in [2.05, 4.69) is 55.7 Å². The Morgan fingerprint density at radius 3 is 2.50 bits per heavy atom. The third-order valence-corrected chi connectivity index (χ3v) is 5.57. The molecule has 2 aliphatic rings. The van der Waals surface area contributed by atoms with Crippen LogP contribution in [0.4, 0.5) is 11.4 Å². The van der Waals surface area contributed by atoms with Crippen LogP contribution in [0.25, 0.3) is 0 Å². The Kier molecular flexibility index (Phi) is 3.98. The first-order valence-corrected chi connectivity index (χ1v) is 8.48. The van der Waals surface area contributed by atoms with Crippen LogP contribution in [0.1, 0.15) is 58.4 Å². The van der Waals surface area contributed by atoms with Crippen molar-refractivity contribution in [2.24, 2.45) is 0 Å². The molecule has 0 aromatic heterocycles. The summed E-state index contributed by atoms with van der Waals surface area (Å²) < 4.78 is 0. The molecular weight excluding hydrogens is 270 g/mol. The van der Waals surface area contributed by atoms with Crippen molar-refractivity contribution in [3.05, 3.63) is 35.4 Å². The summed E-state index contributed by atoms with van der Waals surface area (Å²) in [5.41, 5.74) is 6.34. The zero-order valence-electron chi connectivity index (χ0n) is 13.9. The van der Waals surface area contributed by atoms with Gasteiger partial charge in [0.2, 0.25) is 0 Å². The summed E-state index contributed by atoms with van der Waals surface area (Å²) in [5, 5.41) is 14.9. The van der Waals surface area contributed by atoms with Gasteiger partial charge in [0.25, 0.3) is 0 Å². The zero-order chi connectivity index (χ0) is 15.7. The monoisotopic (exact) mass is 297 g/mol. The van der Waals surface area contributed by atoms with Crippen LogP contribution >= 0.6 is 0 Å². The number of anilines is 2. The lowest BCUT2D eigenvalue weighted by molar-refractivity contribution is 0.439. The van der Waals surface area contributed by atoms with Crippen molar-refractivity contribution < 1.29 is 0 Å². The molecule has 3 rings (SSSR count). The number of rotatable bonds is 4. The molecule has 1 aliphatic carbocycles. The van der Waals surface area contributed by atoms with Crippen molar-refractivity contribution in [3.8, 4) is 0 Å². The van der Waals surface area contributed by atoms with Gasteiger partial charge in [-0.1, -0.05) is 32.9 Å². The molecule has 1 aromatic rings. The maximum absolute atomic E-state index is 7.73. The van der Waals surface area contributed by atoms with Crippen molar-refractivity contribution in [2.75, 3.05) is 10.6 Å². The Hall–Kier alpha value is -1.77. The Morgan fingerprint density at radius 1 is 1.14 bits per heavy atom. The van der Waals surface area contributed by atoms with Crippen molar-refractivity contribution in [3.63, 3.8) is 0 Å². The van der Waals surface area contributed by atoms with Gasteiger partial charge in [0.15, 0.2) is 0 Å². The minimum absolute atomic E-state index is 0.202. The summed E-state index contributed by atoms with van der Waals surface area (Å²) in [6, 6.07) is 6.81. The van der Waals surface area contributed by atoms with Gasteiger partial charge in [-0.3, -0.25) is 0 Å². The zero-order valence-corrected chi connectivity index (χ0v) is 13.9. The van der Waals surface area contributed by atoms with Crippen LogP contribution in [0.15, 0.2) is 29.8 Å². The Bertz CT molecular complexity index is 611. The van der Waals surface area contributed by atoms with Crippen LogP contribution in [0.5, 0.6) is 0 Å². The molecule has 1 atom stereocenters. The summed E-state index contributed by atoms with van der Waals surface area (Å²) in [5.74, 6) is 0. The molecule has 22 heavy (non-hydrogen) atoms. The van der Waals surface area contributed by atoms with Crippen LogP contribution in [0.2, 0.25) is 0 Å². The van der Waals surface area contributed by atoms with Gasteiger partial charge < -0.3 is 16.0 Å². The summed E-state index contributed by atoms with van der Waals surface area (Å²) in [6.45, 7) is 6.89. The summed E-state index contributed by atoms with van der Waals surface area (Å²) >= 11 is 0. The van der Waals surface area contributed by atoms with E-state index in [1.807, 2.05) is 0 Å². The molecule has 3 heteroatoms. The standard InChI is InChI=1S/C19H27N3/c1-4-19(3,5-2)14-8-11-16-17(12-14)22-18(21-16)13-6-9-15(20)10-7-13/h6,8,11-12,18,20-22H,4-5,7,9-10H2,1-3H3. The third kappa shape index (κ3) is 2.65. The Morgan fingerprint density at radius 2 is 1.86 bits per heavy atom. The lowest BCUT2D eigenvalue weighted by Crippen LogP contribution is -2.26. The quantitative estimate of drug-likeness (QED) is 0.680. The van der Waals surface area contributed by atoms with E-state index in [0.29, 0.717) is 0 Å². The van der Waals surface area contributed by atoms with Gasteiger partial charge >= 0.3 is 0 Å². The molecule has 0 fully saturated rings. The van der Waals surface area contributed by atoms with Crippen LogP contribution in [0, 0.1) is 5.41 Å². The molecule has 0 amide bonds. The average Bonchev–Trinajstić information content (AvgIpc) is 2.97. The number of nitrogens with one attached hydrogen (secondary N) is 3. The van der Waals surface area contributed by atoms with Crippen LogP contribution in [0.3, 0.4) is 0 Å². The molecule has 1 aliphatic heterocycles. The molecule has 0 saturated heterocycles. The second-order valence-electron chi connectivity index (χ2n) is 6.84. The third-order valence-electron chi connectivity index (χ3n) is 5.57. The molecule has 1 heterocycles. The molecule has 118 valence electrons. The number of fused-ring (bicyclic) bond motifs is 1. The van der Waals surface area contributed by atoms with Gasteiger partial charge in [-0.05, 0) is 54.4 Å². The van der Waals surface area contributed by atoms with Crippen molar-refractivity contribution in [1.29, 1.82) is 5.41 Å². The van der Waals surface area contributed by atoms with Gasteiger partial charge in [-0.2, -0.15) is 0 Å². The number of allylic oxidation sites excluding steroid dienone is 1. The van der Waals surface area contributed by atoms with Gasteiger partial charge in [-0.25, -0.2) is 0 Å². The molecule has 1 unspecified atom stereocenters. The van der Waals surface area contributed by atoms with Crippen molar-refractivity contribution in [2.45, 2.75) is 64.5 Å². The number of hydrogen-bond acceptors (Lipinski definition) is 3. The predicted octanol–water partition coefficient (Wildman–Crippen LogP) is 5.06. The van der Waals surface area contributed by atoms with E-state index in [0.717, 1.165) is 37.8 Å². The first-order chi connectivity index (χ1) is 10.6. The second-order valence-corrected chi connectivity index (χ2v) is 6.84. The highest BCUT2D eigenvalue weighted by atomic mass is 15.2. The first kappa shape index (κ1) is 15.1. The fourth-order valence-electron chi connectivity index (χ4n) is 3.37. The molecule has 0 radical (unpaired) electrons. The SMILES string of the molecule is CCC(C)(CC)c1ccc2c(c1)NC(C1=CCC(=N)CC1)N2. The lowest BCUT2D eigenvalue weighted by Gasteiger charge is -2.27. The highest BCUT2D eigenvalue weighted by Crippen LogP contribution is 2.39. The second kappa shape index (κ2) is 5.79. The van der Waals surface area contributed by atoms with E-state index in [1.165, 1.54) is 22.5 Å². The minimum Gasteiger partial charge on any atom is -0.360 e. The lowest BCUT2D eigenvalue weighted by atomic mass is 9.78. The van der Waals surface area contributed by atoms with E-state index in [1.54, 1.807) is 0 Å². The fraction of sp³-hybridized carbons (Fsp3) is 0.526. The number of hydrogen-bond donors (Lipinski definition) is 3. The minimum atomic E-state index is 0.202. The van der Waals surface area contributed by atoms with E-state index in [-0.39, 0.29) is 11.6 Å². The Balaban J connectivity index is 1.81. The normalized spacial score (nSPS) is 21.0. The van der Waals surface area contributed by atoms with Gasteiger partial charge in [0.05, 0.1) is 11.4 Å². The van der Waals surface area contributed by atoms with E-state index < -0.39 is 0 Å². The van der Waals surface area contributed by atoms with Crippen LogP contribution in [-0.4, -0.2) is 11.9 Å². The van der Waals surface area contributed by atoms with Gasteiger partial charge in [-0.15, -0.1) is 0 Å². The highest BCUT2D eigenvalue weighted by molar-refractivity contribution is 5.85. The van der Waals surface area contributed by atoms with Crippen molar-refractivity contribution in [1.82, 2.24) is 0 Å². The molecular formula is C19H27N3. The van der Waals surface area contributed by atoms with E-state index in [9.17, 15) is 0 Å². The number of benzene rings is 1. The van der Waals surface area contributed by atoms with Gasteiger partial charge in [0, 0.05) is 12.1 Å². The molecule has 0 bridgehead atoms. The Labute approximate surface area is 133 Å². The molecule has 3 nitrogen and oxygen atoms in total. The van der Waals surface area contributed by atoms with Crippen molar-refractivity contribution >= 4 is 17.1 Å². The van der Waals surface area contributed by atoms with Gasteiger partial charge in [0.1, 0.15) is 6.17 Å². The summed E-state index contributed by atoms with van der Waals surface area (Å²) in [7, 11) is 0. The summed E-state index contributed by atoms with van der Waals surface area (Å²) in [4.78, 5) is 0. The molecule has 0 spiro atoms. The fourth-order valence-corrected chi connectivity index (χ4v) is 3.37. The first-order valence-electron chi connectivity index (χ1n) is 8.48. The summed E-state index contributed by atoms with van der Waals surface area (Å²) in [6.07, 6.45) is 7.43. The van der Waals surface area contributed by atoms with E-state index >= 15 is 0 Å². The van der Waals surface area contributed by atoms with Crippen LogP contribution in [-0.2, 0) is 5.41 Å². The molecule has 3 N–H and O–H groups in total.